The van der Waals surface area contributed by atoms with Gasteiger partial charge in [0, 0.05) is 5.69 Å². The Hall–Kier alpha value is -2.56. The number of benzene rings is 2. The molecule has 0 aromatic heterocycles. The quantitative estimate of drug-likeness (QED) is 0.898. The molecule has 0 bridgehead atoms. The largest absolute Gasteiger partial charge is 0.497 e. The fourth-order valence-corrected chi connectivity index (χ4v) is 2.91. The lowest BCUT2D eigenvalue weighted by Gasteiger charge is -2.27. The average Bonchev–Trinajstić information content (AvgIpc) is 2.57. The van der Waals surface area contributed by atoms with Crippen LogP contribution in [-0.4, -0.2) is 13.1 Å². The van der Waals surface area contributed by atoms with Gasteiger partial charge in [-0.1, -0.05) is 6.07 Å². The number of urea groups is 1. The maximum absolute atomic E-state index is 12.9. The van der Waals surface area contributed by atoms with Gasteiger partial charge in [-0.15, -0.1) is 0 Å². The summed E-state index contributed by atoms with van der Waals surface area (Å²) < 4.78 is 18.2. The molecule has 0 heterocycles. The van der Waals surface area contributed by atoms with Gasteiger partial charge in [-0.2, -0.15) is 0 Å². The van der Waals surface area contributed by atoms with Crippen LogP contribution in [0.5, 0.6) is 5.75 Å². The van der Waals surface area contributed by atoms with Crippen molar-refractivity contribution in [3.63, 3.8) is 0 Å². The Morgan fingerprint density at radius 3 is 2.74 bits per heavy atom. The highest BCUT2D eigenvalue weighted by Crippen LogP contribution is 2.32. The van der Waals surface area contributed by atoms with Crippen molar-refractivity contribution in [1.29, 1.82) is 0 Å². The minimum atomic E-state index is -0.329. The molecule has 23 heavy (non-hydrogen) atoms. The number of carbonyl (C=O) groups excluding carboxylic acids is 1. The predicted octanol–water partition coefficient (Wildman–Crippen LogP) is 4.03. The van der Waals surface area contributed by atoms with E-state index in [-0.39, 0.29) is 17.9 Å². The van der Waals surface area contributed by atoms with Crippen LogP contribution in [0.1, 0.15) is 30.0 Å². The minimum Gasteiger partial charge on any atom is -0.497 e. The lowest BCUT2D eigenvalue weighted by atomic mass is 9.87. The first-order valence-corrected chi connectivity index (χ1v) is 7.65. The molecule has 0 fully saturated rings. The first-order chi connectivity index (χ1) is 11.2. The van der Waals surface area contributed by atoms with Gasteiger partial charge in [0.15, 0.2) is 0 Å². The zero-order valence-electron chi connectivity index (χ0n) is 12.9. The fraction of sp³-hybridized carbons (Fsp3) is 0.278. The van der Waals surface area contributed by atoms with Crippen molar-refractivity contribution < 1.29 is 13.9 Å². The Balaban J connectivity index is 1.71. The molecule has 0 radical (unpaired) electrons. The Labute approximate surface area is 134 Å². The van der Waals surface area contributed by atoms with E-state index in [2.05, 4.69) is 16.7 Å². The molecule has 2 N–H and O–H groups in total. The van der Waals surface area contributed by atoms with Crippen molar-refractivity contribution in [1.82, 2.24) is 5.32 Å². The molecular formula is C18H19FN2O2. The van der Waals surface area contributed by atoms with Crippen molar-refractivity contribution in [3.8, 4) is 5.75 Å². The standard InChI is InChI=1S/C18H19FN2O2/c1-23-15-10-5-12-3-2-4-17(16(12)11-15)21-18(22)20-14-8-6-13(19)7-9-14/h5-11,17H,2-4H2,1H3,(H2,20,21,22). The second kappa shape index (κ2) is 6.69. The number of aryl methyl sites for hydroxylation is 1. The summed E-state index contributed by atoms with van der Waals surface area (Å²) in [4.78, 5) is 12.2. The lowest BCUT2D eigenvalue weighted by molar-refractivity contribution is 0.247. The molecule has 0 saturated heterocycles. The summed E-state index contributed by atoms with van der Waals surface area (Å²) in [6, 6.07) is 11.3. The van der Waals surface area contributed by atoms with E-state index in [1.54, 1.807) is 7.11 Å². The van der Waals surface area contributed by atoms with Crippen molar-refractivity contribution in [2.75, 3.05) is 12.4 Å². The first-order valence-electron chi connectivity index (χ1n) is 7.65. The number of fused-ring (bicyclic) bond motifs is 1. The molecule has 1 aliphatic rings. The van der Waals surface area contributed by atoms with Crippen LogP contribution in [-0.2, 0) is 6.42 Å². The molecule has 5 heteroatoms. The van der Waals surface area contributed by atoms with E-state index < -0.39 is 0 Å². The van der Waals surface area contributed by atoms with Gasteiger partial charge < -0.3 is 15.4 Å². The summed E-state index contributed by atoms with van der Waals surface area (Å²) in [5, 5.41) is 5.72. The SMILES string of the molecule is COc1ccc2c(c1)C(NC(=O)Nc1ccc(F)cc1)CCC2. The van der Waals surface area contributed by atoms with Gasteiger partial charge in [0.25, 0.3) is 0 Å². The highest BCUT2D eigenvalue weighted by molar-refractivity contribution is 5.89. The summed E-state index contributed by atoms with van der Waals surface area (Å²) >= 11 is 0. The van der Waals surface area contributed by atoms with Crippen LogP contribution in [0, 0.1) is 5.82 Å². The highest BCUT2D eigenvalue weighted by Gasteiger charge is 2.22. The second-order valence-electron chi connectivity index (χ2n) is 5.61. The van der Waals surface area contributed by atoms with E-state index in [4.69, 9.17) is 4.74 Å². The topological polar surface area (TPSA) is 50.4 Å². The van der Waals surface area contributed by atoms with Gasteiger partial charge in [-0.3, -0.25) is 0 Å². The smallest absolute Gasteiger partial charge is 0.319 e. The van der Waals surface area contributed by atoms with E-state index >= 15 is 0 Å². The molecule has 2 amide bonds. The molecule has 2 aromatic carbocycles. The number of ether oxygens (including phenoxy) is 1. The molecule has 1 aliphatic carbocycles. The second-order valence-corrected chi connectivity index (χ2v) is 5.61. The van der Waals surface area contributed by atoms with Crippen molar-refractivity contribution >= 4 is 11.7 Å². The van der Waals surface area contributed by atoms with Gasteiger partial charge in [-0.05, 0) is 66.8 Å². The van der Waals surface area contributed by atoms with Crippen molar-refractivity contribution in [3.05, 3.63) is 59.4 Å². The van der Waals surface area contributed by atoms with Crippen molar-refractivity contribution in [2.45, 2.75) is 25.3 Å². The fourth-order valence-electron chi connectivity index (χ4n) is 2.91. The molecule has 120 valence electrons. The number of carbonyl (C=O) groups is 1. The Morgan fingerprint density at radius 1 is 1.22 bits per heavy atom. The van der Waals surface area contributed by atoms with Gasteiger partial charge in [0.2, 0.25) is 0 Å². The van der Waals surface area contributed by atoms with Gasteiger partial charge in [0.1, 0.15) is 11.6 Å². The zero-order valence-corrected chi connectivity index (χ0v) is 12.9. The van der Waals surface area contributed by atoms with Crippen LogP contribution in [0.2, 0.25) is 0 Å². The summed E-state index contributed by atoms with van der Waals surface area (Å²) in [5.74, 6) is 0.459. The number of rotatable bonds is 3. The first kappa shape index (κ1) is 15.3. The molecule has 0 spiro atoms. The number of anilines is 1. The van der Waals surface area contributed by atoms with E-state index in [1.807, 2.05) is 12.1 Å². The van der Waals surface area contributed by atoms with Crippen LogP contribution in [0.15, 0.2) is 42.5 Å². The number of methoxy groups -OCH3 is 1. The third-order valence-corrected chi connectivity index (χ3v) is 4.07. The lowest BCUT2D eigenvalue weighted by Crippen LogP contribution is -2.34. The number of hydrogen-bond donors (Lipinski definition) is 2. The minimum absolute atomic E-state index is 0.0469. The highest BCUT2D eigenvalue weighted by atomic mass is 19.1. The molecule has 3 rings (SSSR count). The maximum atomic E-state index is 12.9. The molecule has 0 aliphatic heterocycles. The number of nitrogens with one attached hydrogen (secondary N) is 2. The third kappa shape index (κ3) is 3.62. The molecule has 4 nitrogen and oxygen atoms in total. The number of amides is 2. The van der Waals surface area contributed by atoms with Crippen LogP contribution >= 0.6 is 0 Å². The molecule has 1 atom stereocenters. The van der Waals surface area contributed by atoms with Crippen LogP contribution in [0.3, 0.4) is 0 Å². The number of halogens is 1. The molecular weight excluding hydrogens is 295 g/mol. The van der Waals surface area contributed by atoms with Crippen LogP contribution in [0.4, 0.5) is 14.9 Å². The Bertz CT molecular complexity index is 701. The summed E-state index contributed by atoms with van der Waals surface area (Å²) in [6.45, 7) is 0. The van der Waals surface area contributed by atoms with Gasteiger partial charge in [-0.25, -0.2) is 9.18 Å². The Kier molecular flexibility index (Phi) is 4.46. The zero-order chi connectivity index (χ0) is 16.2. The van der Waals surface area contributed by atoms with E-state index in [9.17, 15) is 9.18 Å². The monoisotopic (exact) mass is 314 g/mol. The molecule has 1 unspecified atom stereocenters. The van der Waals surface area contributed by atoms with Crippen LogP contribution in [0.25, 0.3) is 0 Å². The Morgan fingerprint density at radius 2 is 2.00 bits per heavy atom. The maximum Gasteiger partial charge on any atom is 0.319 e. The summed E-state index contributed by atoms with van der Waals surface area (Å²) in [6.07, 6.45) is 2.93. The van der Waals surface area contributed by atoms with E-state index in [0.717, 1.165) is 30.6 Å². The molecule has 0 saturated carbocycles. The molecule has 2 aromatic rings. The predicted molar refractivity (Wildman–Crippen MR) is 87.2 cm³/mol. The normalized spacial score (nSPS) is 16.3. The van der Waals surface area contributed by atoms with E-state index in [0.29, 0.717) is 5.69 Å². The van der Waals surface area contributed by atoms with Crippen LogP contribution < -0.4 is 15.4 Å². The average molecular weight is 314 g/mol. The number of hydrogen-bond acceptors (Lipinski definition) is 2. The van der Waals surface area contributed by atoms with Gasteiger partial charge in [0.05, 0.1) is 13.2 Å². The summed E-state index contributed by atoms with van der Waals surface area (Å²) in [7, 11) is 1.63. The van der Waals surface area contributed by atoms with Gasteiger partial charge >= 0.3 is 6.03 Å². The van der Waals surface area contributed by atoms with Crippen molar-refractivity contribution in [2.24, 2.45) is 0 Å². The summed E-state index contributed by atoms with van der Waals surface area (Å²) in [5.41, 5.74) is 2.90. The van der Waals surface area contributed by atoms with E-state index in [1.165, 1.54) is 29.8 Å². The third-order valence-electron chi connectivity index (χ3n) is 4.07.